The van der Waals surface area contributed by atoms with E-state index in [9.17, 15) is 13.2 Å². The van der Waals surface area contributed by atoms with Gasteiger partial charge in [-0.25, -0.2) is 8.42 Å². The highest BCUT2D eigenvalue weighted by Gasteiger charge is 2.21. The van der Waals surface area contributed by atoms with Crippen molar-refractivity contribution in [2.24, 2.45) is 0 Å². The monoisotopic (exact) mass is 354 g/mol. The Labute approximate surface area is 144 Å². The van der Waals surface area contributed by atoms with Crippen molar-refractivity contribution < 1.29 is 17.9 Å². The maximum Gasteiger partial charge on any atom is 0.227 e. The van der Waals surface area contributed by atoms with Gasteiger partial charge < -0.3 is 9.64 Å². The molecule has 0 atom stereocenters. The van der Waals surface area contributed by atoms with E-state index in [0.29, 0.717) is 24.6 Å². The van der Waals surface area contributed by atoms with Crippen LogP contribution in [0, 0.1) is 0 Å². The number of hydrogen-bond donors (Lipinski definition) is 0. The second-order valence-electron chi connectivity index (χ2n) is 5.94. The minimum absolute atomic E-state index is 0.0486. The van der Waals surface area contributed by atoms with E-state index in [1.807, 2.05) is 4.90 Å². The third kappa shape index (κ3) is 5.03. The number of carbonyl (C=O) groups is 1. The van der Waals surface area contributed by atoms with E-state index in [4.69, 9.17) is 4.74 Å². The molecule has 1 aromatic rings. The first-order chi connectivity index (χ1) is 11.5. The van der Waals surface area contributed by atoms with Crippen LogP contribution in [0.4, 0.5) is 0 Å². The number of nitrogens with zero attached hydrogens (tertiary/aromatic N) is 2. The summed E-state index contributed by atoms with van der Waals surface area (Å²) in [5.74, 6) is 0.112. The molecule has 1 aliphatic rings. The molecule has 0 aliphatic carbocycles. The number of amides is 1. The van der Waals surface area contributed by atoms with Gasteiger partial charge in [0.25, 0.3) is 0 Å². The second-order valence-corrected chi connectivity index (χ2v) is 8.22. The third-order valence-electron chi connectivity index (χ3n) is 4.33. The lowest BCUT2D eigenvalue weighted by molar-refractivity contribution is -0.132. The largest absolute Gasteiger partial charge is 0.383 e. The van der Waals surface area contributed by atoms with Gasteiger partial charge in [-0.15, -0.1) is 0 Å². The summed E-state index contributed by atoms with van der Waals surface area (Å²) in [6.45, 7) is 6.31. The molecule has 1 amide bonds. The molecule has 2 rings (SSSR count). The van der Waals surface area contributed by atoms with Crippen molar-refractivity contribution in [2.45, 2.75) is 18.2 Å². The fraction of sp³-hybridized carbons (Fsp3) is 0.588. The maximum absolute atomic E-state index is 12.5. The van der Waals surface area contributed by atoms with Gasteiger partial charge in [-0.3, -0.25) is 9.69 Å². The third-order valence-corrected chi connectivity index (χ3v) is 6.06. The first kappa shape index (κ1) is 18.9. The zero-order valence-corrected chi connectivity index (χ0v) is 15.2. The number of ether oxygens (including phenoxy) is 1. The molecular weight excluding hydrogens is 328 g/mol. The Hall–Kier alpha value is -1.44. The Morgan fingerprint density at radius 2 is 1.92 bits per heavy atom. The highest BCUT2D eigenvalue weighted by atomic mass is 32.2. The van der Waals surface area contributed by atoms with Crippen LogP contribution in [-0.2, 0) is 25.8 Å². The van der Waals surface area contributed by atoms with Gasteiger partial charge in [0.15, 0.2) is 9.84 Å². The van der Waals surface area contributed by atoms with E-state index >= 15 is 0 Å². The van der Waals surface area contributed by atoms with E-state index < -0.39 is 9.84 Å². The Kier molecular flexibility index (Phi) is 6.77. The summed E-state index contributed by atoms with van der Waals surface area (Å²) in [5.41, 5.74) is 0.747. The fourth-order valence-corrected chi connectivity index (χ4v) is 3.69. The van der Waals surface area contributed by atoms with Gasteiger partial charge in [-0.05, 0) is 17.7 Å². The first-order valence-electron chi connectivity index (χ1n) is 8.27. The summed E-state index contributed by atoms with van der Waals surface area (Å²) in [7, 11) is -1.55. The molecule has 0 unspecified atom stereocenters. The average molecular weight is 354 g/mol. The van der Waals surface area contributed by atoms with Gasteiger partial charge in [0.05, 0.1) is 23.7 Å². The van der Waals surface area contributed by atoms with Crippen LogP contribution < -0.4 is 0 Å². The van der Waals surface area contributed by atoms with Crippen LogP contribution in [0.15, 0.2) is 29.2 Å². The standard InChI is InChI=1S/C17H26N2O4S/c1-3-24(21,22)16-6-4-5-15(13-16)14-17(20)19-9-7-18(8-10-19)11-12-23-2/h4-6,13H,3,7-12,14H2,1-2H3. The molecular formula is C17H26N2O4S. The molecule has 7 heteroatoms. The Balaban J connectivity index is 1.93. The van der Waals surface area contributed by atoms with Crippen molar-refractivity contribution in [3.05, 3.63) is 29.8 Å². The lowest BCUT2D eigenvalue weighted by atomic mass is 10.1. The van der Waals surface area contributed by atoms with Crippen molar-refractivity contribution in [3.8, 4) is 0 Å². The van der Waals surface area contributed by atoms with E-state index in [0.717, 1.165) is 25.2 Å². The lowest BCUT2D eigenvalue weighted by Crippen LogP contribution is -2.49. The van der Waals surface area contributed by atoms with E-state index in [1.54, 1.807) is 38.3 Å². The highest BCUT2D eigenvalue weighted by molar-refractivity contribution is 7.91. The van der Waals surface area contributed by atoms with Crippen molar-refractivity contribution in [2.75, 3.05) is 52.2 Å². The topological polar surface area (TPSA) is 66.9 Å². The van der Waals surface area contributed by atoms with Gasteiger partial charge in [0, 0.05) is 39.8 Å². The number of benzene rings is 1. The molecule has 0 bridgehead atoms. The van der Waals surface area contributed by atoms with Gasteiger partial charge >= 0.3 is 0 Å². The molecule has 6 nitrogen and oxygen atoms in total. The number of methoxy groups -OCH3 is 1. The predicted octanol–water partition coefficient (Wildman–Crippen LogP) is 0.813. The van der Waals surface area contributed by atoms with E-state index in [2.05, 4.69) is 4.90 Å². The molecule has 134 valence electrons. The number of sulfone groups is 1. The average Bonchev–Trinajstić information content (AvgIpc) is 2.60. The summed E-state index contributed by atoms with van der Waals surface area (Å²) >= 11 is 0. The van der Waals surface area contributed by atoms with Crippen LogP contribution in [0.5, 0.6) is 0 Å². The number of piperazine rings is 1. The molecule has 1 heterocycles. The summed E-state index contributed by atoms with van der Waals surface area (Å²) in [6, 6.07) is 6.71. The van der Waals surface area contributed by atoms with Crippen LogP contribution in [-0.4, -0.2) is 76.3 Å². The van der Waals surface area contributed by atoms with Crippen LogP contribution >= 0.6 is 0 Å². The zero-order valence-electron chi connectivity index (χ0n) is 14.4. The van der Waals surface area contributed by atoms with Crippen LogP contribution in [0.3, 0.4) is 0 Å². The van der Waals surface area contributed by atoms with Crippen molar-refractivity contribution in [3.63, 3.8) is 0 Å². The molecule has 1 fully saturated rings. The number of carbonyl (C=O) groups excluding carboxylic acids is 1. The second kappa shape index (κ2) is 8.60. The van der Waals surface area contributed by atoms with E-state index in [-0.39, 0.29) is 18.1 Å². The molecule has 24 heavy (non-hydrogen) atoms. The Morgan fingerprint density at radius 1 is 1.21 bits per heavy atom. The highest BCUT2D eigenvalue weighted by Crippen LogP contribution is 2.15. The minimum atomic E-state index is -3.24. The van der Waals surface area contributed by atoms with Gasteiger partial charge in [0.1, 0.15) is 0 Å². The van der Waals surface area contributed by atoms with Crippen LogP contribution in [0.2, 0.25) is 0 Å². The normalized spacial score (nSPS) is 16.3. The maximum atomic E-state index is 12.5. The van der Waals surface area contributed by atoms with Crippen molar-refractivity contribution in [1.29, 1.82) is 0 Å². The van der Waals surface area contributed by atoms with Crippen molar-refractivity contribution in [1.82, 2.24) is 9.80 Å². The zero-order chi connectivity index (χ0) is 17.6. The predicted molar refractivity (Wildman–Crippen MR) is 92.8 cm³/mol. The smallest absolute Gasteiger partial charge is 0.227 e. The molecule has 0 radical (unpaired) electrons. The van der Waals surface area contributed by atoms with Crippen molar-refractivity contribution >= 4 is 15.7 Å². The Bertz CT molecular complexity index is 652. The molecule has 1 saturated heterocycles. The van der Waals surface area contributed by atoms with Crippen LogP contribution in [0.1, 0.15) is 12.5 Å². The summed E-state index contributed by atoms with van der Waals surface area (Å²) in [5, 5.41) is 0. The minimum Gasteiger partial charge on any atom is -0.383 e. The molecule has 0 aromatic heterocycles. The van der Waals surface area contributed by atoms with Crippen LogP contribution in [0.25, 0.3) is 0 Å². The Morgan fingerprint density at radius 3 is 2.54 bits per heavy atom. The number of rotatable bonds is 7. The number of hydrogen-bond acceptors (Lipinski definition) is 5. The van der Waals surface area contributed by atoms with Gasteiger partial charge in [-0.2, -0.15) is 0 Å². The summed E-state index contributed by atoms with van der Waals surface area (Å²) in [6.07, 6.45) is 0.241. The van der Waals surface area contributed by atoms with E-state index in [1.165, 1.54) is 0 Å². The first-order valence-corrected chi connectivity index (χ1v) is 9.92. The summed E-state index contributed by atoms with van der Waals surface area (Å²) in [4.78, 5) is 16.9. The molecule has 1 aliphatic heterocycles. The van der Waals surface area contributed by atoms with Gasteiger partial charge in [-0.1, -0.05) is 19.1 Å². The quantitative estimate of drug-likeness (QED) is 0.725. The van der Waals surface area contributed by atoms with Gasteiger partial charge in [0.2, 0.25) is 5.91 Å². The molecule has 1 aromatic carbocycles. The SMILES string of the molecule is CCS(=O)(=O)c1cccc(CC(=O)N2CCN(CCOC)CC2)c1. The molecule has 0 N–H and O–H groups in total. The fourth-order valence-electron chi connectivity index (χ4n) is 2.74. The molecule has 0 spiro atoms. The lowest BCUT2D eigenvalue weighted by Gasteiger charge is -2.34. The summed E-state index contributed by atoms with van der Waals surface area (Å²) < 4.78 is 29.0. The molecule has 0 saturated carbocycles.